The van der Waals surface area contributed by atoms with Crippen molar-refractivity contribution in [1.29, 1.82) is 0 Å². The van der Waals surface area contributed by atoms with Crippen LogP contribution in [0.15, 0.2) is 0 Å². The van der Waals surface area contributed by atoms with Crippen LogP contribution < -0.4 is 16.1 Å². The molecule has 0 aliphatic heterocycles. The van der Waals surface area contributed by atoms with Gasteiger partial charge in [0.1, 0.15) is 12.1 Å². The Balaban J connectivity index is 2.93. The third-order valence-electron chi connectivity index (χ3n) is 4.94. The molecule has 0 unspecified atom stereocenters. The molecule has 1 saturated carbocycles. The lowest BCUT2D eigenvalue weighted by Crippen LogP contribution is -2.57. The van der Waals surface area contributed by atoms with E-state index in [-0.39, 0.29) is 24.3 Å². The van der Waals surface area contributed by atoms with E-state index in [2.05, 4.69) is 10.6 Å². The van der Waals surface area contributed by atoms with Gasteiger partial charge >= 0.3 is 0 Å². The second kappa shape index (κ2) is 10.0. The molecule has 3 atom stereocenters. The lowest BCUT2D eigenvalue weighted by molar-refractivity contribution is -0.147. The lowest BCUT2D eigenvalue weighted by atomic mass is 9.84. The first-order valence-electron chi connectivity index (χ1n) is 9.70. The van der Waals surface area contributed by atoms with Crippen molar-refractivity contribution in [3.05, 3.63) is 0 Å². The normalized spacial score (nSPS) is 18.7. The highest BCUT2D eigenvalue weighted by Gasteiger charge is 2.39. The molecular formula is C19H35N3O5. The van der Waals surface area contributed by atoms with Crippen LogP contribution >= 0.6 is 0 Å². The van der Waals surface area contributed by atoms with Crippen LogP contribution in [0.3, 0.4) is 0 Å². The Morgan fingerprint density at radius 1 is 1.04 bits per heavy atom. The van der Waals surface area contributed by atoms with Gasteiger partial charge in [-0.2, -0.15) is 0 Å². The minimum absolute atomic E-state index is 0.0299. The maximum absolute atomic E-state index is 12.8. The Morgan fingerprint density at radius 2 is 1.59 bits per heavy atom. The first kappa shape index (κ1) is 23.4. The molecule has 0 spiro atoms. The van der Waals surface area contributed by atoms with Crippen molar-refractivity contribution in [2.45, 2.75) is 84.9 Å². The van der Waals surface area contributed by atoms with Gasteiger partial charge in [-0.3, -0.25) is 19.6 Å². The molecule has 156 valence electrons. The Labute approximate surface area is 161 Å². The van der Waals surface area contributed by atoms with Crippen LogP contribution in [0.4, 0.5) is 0 Å². The zero-order valence-corrected chi connectivity index (χ0v) is 17.0. The van der Waals surface area contributed by atoms with Crippen LogP contribution in [-0.4, -0.2) is 46.2 Å². The van der Waals surface area contributed by atoms with Crippen LogP contribution in [0.1, 0.15) is 66.7 Å². The van der Waals surface area contributed by atoms with E-state index in [1.54, 1.807) is 0 Å². The molecule has 1 aliphatic carbocycles. The number of carbonyl (C=O) groups is 3. The van der Waals surface area contributed by atoms with Crippen molar-refractivity contribution >= 4 is 17.7 Å². The number of hydrogen-bond acceptors (Lipinski definition) is 5. The highest BCUT2D eigenvalue weighted by molar-refractivity contribution is 5.92. The van der Waals surface area contributed by atoms with Crippen molar-refractivity contribution in [3.8, 4) is 0 Å². The summed E-state index contributed by atoms with van der Waals surface area (Å²) in [5.41, 5.74) is 0.829. The first-order chi connectivity index (χ1) is 12.5. The van der Waals surface area contributed by atoms with E-state index in [0.717, 1.165) is 25.7 Å². The summed E-state index contributed by atoms with van der Waals surface area (Å²) >= 11 is 0. The van der Waals surface area contributed by atoms with Crippen LogP contribution in [-0.2, 0) is 14.4 Å². The van der Waals surface area contributed by atoms with Crippen LogP contribution in [0.5, 0.6) is 0 Å². The summed E-state index contributed by atoms with van der Waals surface area (Å²) < 4.78 is 0. The molecule has 0 saturated heterocycles. The standard InChI is InChI=1S/C19H35N3O5/c1-11(2)10-13(14(23)17(25)22-27)16(24)21-15(19(3,4)5)18(26)20-12-8-6-7-9-12/h11-15,23,27H,6-10H2,1-5H3,(H,20,26)(H,21,24)(H,22,25)/t13-,14+,15-/m1/s1. The number of amides is 3. The second-order valence-electron chi connectivity index (χ2n) is 8.95. The zero-order valence-electron chi connectivity index (χ0n) is 17.0. The number of nitrogens with one attached hydrogen (secondary N) is 3. The van der Waals surface area contributed by atoms with Crippen LogP contribution in [0.2, 0.25) is 0 Å². The molecule has 0 aromatic heterocycles. The van der Waals surface area contributed by atoms with E-state index in [4.69, 9.17) is 5.21 Å². The van der Waals surface area contributed by atoms with Gasteiger partial charge in [-0.1, -0.05) is 47.5 Å². The van der Waals surface area contributed by atoms with Gasteiger partial charge in [0.05, 0.1) is 5.92 Å². The van der Waals surface area contributed by atoms with Crippen molar-refractivity contribution in [1.82, 2.24) is 16.1 Å². The SMILES string of the molecule is CC(C)C[C@@H](C(=O)N[C@H](C(=O)NC1CCCC1)C(C)(C)C)[C@H](O)C(=O)NO. The molecule has 0 radical (unpaired) electrons. The predicted octanol–water partition coefficient (Wildman–Crippen LogP) is 1.10. The number of rotatable bonds is 8. The molecule has 0 heterocycles. The van der Waals surface area contributed by atoms with Gasteiger partial charge in [0.2, 0.25) is 11.8 Å². The molecular weight excluding hydrogens is 350 g/mol. The zero-order chi connectivity index (χ0) is 20.8. The second-order valence-corrected chi connectivity index (χ2v) is 8.95. The number of hydroxylamine groups is 1. The maximum Gasteiger partial charge on any atom is 0.272 e. The highest BCUT2D eigenvalue weighted by atomic mass is 16.5. The van der Waals surface area contributed by atoms with Crippen molar-refractivity contribution in [2.24, 2.45) is 17.3 Å². The van der Waals surface area contributed by atoms with Gasteiger partial charge in [0.25, 0.3) is 5.91 Å². The summed E-state index contributed by atoms with van der Waals surface area (Å²) in [4.78, 5) is 37.2. The third-order valence-corrected chi connectivity index (χ3v) is 4.94. The summed E-state index contributed by atoms with van der Waals surface area (Å²) in [7, 11) is 0. The van der Waals surface area contributed by atoms with Crippen molar-refractivity contribution in [2.75, 3.05) is 0 Å². The van der Waals surface area contributed by atoms with Gasteiger partial charge in [-0.25, -0.2) is 5.48 Å². The topological polar surface area (TPSA) is 128 Å². The smallest absolute Gasteiger partial charge is 0.272 e. The summed E-state index contributed by atoms with van der Waals surface area (Å²) in [6, 6.07) is -0.680. The fourth-order valence-electron chi connectivity index (χ4n) is 3.42. The monoisotopic (exact) mass is 385 g/mol. The van der Waals surface area contributed by atoms with E-state index in [1.807, 2.05) is 34.6 Å². The maximum atomic E-state index is 12.8. The number of hydrogen-bond donors (Lipinski definition) is 5. The molecule has 0 bridgehead atoms. The quantitative estimate of drug-likeness (QED) is 0.316. The number of aliphatic hydroxyl groups excluding tert-OH is 1. The van der Waals surface area contributed by atoms with Gasteiger partial charge in [-0.05, 0) is 30.6 Å². The summed E-state index contributed by atoms with van der Waals surface area (Å²) in [6.45, 7) is 9.26. The molecule has 1 fully saturated rings. The molecule has 0 aromatic rings. The molecule has 8 nitrogen and oxygen atoms in total. The van der Waals surface area contributed by atoms with Crippen molar-refractivity contribution in [3.63, 3.8) is 0 Å². The third kappa shape index (κ3) is 7.10. The van der Waals surface area contributed by atoms with E-state index in [0.29, 0.717) is 0 Å². The van der Waals surface area contributed by atoms with Crippen LogP contribution in [0, 0.1) is 17.3 Å². The Kier molecular flexibility index (Phi) is 8.68. The summed E-state index contributed by atoms with van der Waals surface area (Å²) in [6.07, 6.45) is 2.56. The Bertz CT molecular complexity index is 524. The van der Waals surface area contributed by atoms with E-state index in [9.17, 15) is 19.5 Å². The van der Waals surface area contributed by atoms with Gasteiger partial charge in [-0.15, -0.1) is 0 Å². The highest BCUT2D eigenvalue weighted by Crippen LogP contribution is 2.24. The number of aliphatic hydroxyl groups is 1. The van der Waals surface area contributed by atoms with Crippen molar-refractivity contribution < 1.29 is 24.7 Å². The van der Waals surface area contributed by atoms with E-state index in [1.165, 1.54) is 5.48 Å². The number of carbonyl (C=O) groups excluding carboxylic acids is 3. The molecule has 27 heavy (non-hydrogen) atoms. The summed E-state index contributed by atoms with van der Waals surface area (Å²) in [5.74, 6) is -2.92. The average molecular weight is 386 g/mol. The minimum atomic E-state index is -1.70. The largest absolute Gasteiger partial charge is 0.382 e. The van der Waals surface area contributed by atoms with Gasteiger partial charge < -0.3 is 15.7 Å². The van der Waals surface area contributed by atoms with Gasteiger partial charge in [0, 0.05) is 6.04 Å². The van der Waals surface area contributed by atoms with Crippen LogP contribution in [0.25, 0.3) is 0 Å². The van der Waals surface area contributed by atoms with Gasteiger partial charge in [0.15, 0.2) is 0 Å². The molecule has 5 N–H and O–H groups in total. The molecule has 8 heteroatoms. The average Bonchev–Trinajstić information content (AvgIpc) is 3.07. The Hall–Kier alpha value is -1.67. The minimum Gasteiger partial charge on any atom is -0.382 e. The lowest BCUT2D eigenvalue weighted by Gasteiger charge is -2.33. The molecule has 0 aromatic carbocycles. The molecule has 1 rings (SSSR count). The molecule has 1 aliphatic rings. The predicted molar refractivity (Wildman–Crippen MR) is 101 cm³/mol. The fraction of sp³-hybridized carbons (Fsp3) is 0.842. The molecule has 3 amide bonds. The first-order valence-corrected chi connectivity index (χ1v) is 9.70. The van der Waals surface area contributed by atoms with E-state index < -0.39 is 35.3 Å². The fourth-order valence-corrected chi connectivity index (χ4v) is 3.42. The summed E-state index contributed by atoms with van der Waals surface area (Å²) in [5, 5.41) is 24.6. The Morgan fingerprint density at radius 3 is 2.04 bits per heavy atom. The van der Waals surface area contributed by atoms with E-state index >= 15 is 0 Å².